The van der Waals surface area contributed by atoms with Gasteiger partial charge in [0, 0.05) is 12.6 Å². The van der Waals surface area contributed by atoms with Crippen molar-refractivity contribution in [3.05, 3.63) is 41.2 Å². The summed E-state index contributed by atoms with van der Waals surface area (Å²) in [6.07, 6.45) is 5.04. The minimum atomic E-state index is -3.81. The van der Waals surface area contributed by atoms with E-state index < -0.39 is 15.9 Å². The Morgan fingerprint density at radius 2 is 1.82 bits per heavy atom. The Morgan fingerprint density at radius 3 is 2.39 bits per heavy atom. The SMILES string of the molecule is CCCCCCN(CC(=O)Nc1ccon1)S(=O)(=O)c1c(C)cc(C)cc1C. The molecular weight excluding hydrogens is 378 g/mol. The van der Waals surface area contributed by atoms with Gasteiger partial charge in [0.05, 0.1) is 11.4 Å². The Morgan fingerprint density at radius 1 is 1.14 bits per heavy atom. The van der Waals surface area contributed by atoms with E-state index in [0.717, 1.165) is 24.8 Å². The highest BCUT2D eigenvalue weighted by Crippen LogP contribution is 2.25. The van der Waals surface area contributed by atoms with Gasteiger partial charge in [-0.1, -0.05) is 49.0 Å². The number of nitrogens with zero attached hydrogens (tertiary/aromatic N) is 2. The molecule has 0 unspecified atom stereocenters. The average Bonchev–Trinajstić information content (AvgIpc) is 3.09. The van der Waals surface area contributed by atoms with Crippen LogP contribution >= 0.6 is 0 Å². The van der Waals surface area contributed by atoms with Crippen molar-refractivity contribution in [1.82, 2.24) is 9.46 Å². The molecule has 28 heavy (non-hydrogen) atoms. The zero-order valence-electron chi connectivity index (χ0n) is 17.0. The number of hydrogen-bond donors (Lipinski definition) is 1. The fourth-order valence-electron chi connectivity index (χ4n) is 3.32. The summed E-state index contributed by atoms with van der Waals surface area (Å²) in [6.45, 7) is 7.63. The topological polar surface area (TPSA) is 92.5 Å². The van der Waals surface area contributed by atoms with E-state index in [-0.39, 0.29) is 17.3 Å². The van der Waals surface area contributed by atoms with Crippen LogP contribution in [-0.2, 0) is 14.8 Å². The van der Waals surface area contributed by atoms with Gasteiger partial charge in [-0.05, 0) is 38.3 Å². The van der Waals surface area contributed by atoms with Crippen LogP contribution in [0.2, 0.25) is 0 Å². The number of aromatic nitrogens is 1. The monoisotopic (exact) mass is 407 g/mol. The van der Waals surface area contributed by atoms with E-state index in [0.29, 0.717) is 24.1 Å². The molecule has 1 amide bonds. The van der Waals surface area contributed by atoms with Gasteiger partial charge in [0.1, 0.15) is 6.26 Å². The summed E-state index contributed by atoms with van der Waals surface area (Å²) in [4.78, 5) is 12.7. The molecule has 0 spiro atoms. The van der Waals surface area contributed by atoms with Crippen LogP contribution in [0, 0.1) is 20.8 Å². The molecule has 0 aliphatic carbocycles. The molecule has 1 aromatic carbocycles. The Kier molecular flexibility index (Phi) is 7.77. The largest absolute Gasteiger partial charge is 0.363 e. The molecule has 0 radical (unpaired) electrons. The molecule has 0 bridgehead atoms. The molecule has 1 N–H and O–H groups in total. The third-order valence-corrected chi connectivity index (χ3v) is 6.64. The van der Waals surface area contributed by atoms with Gasteiger partial charge in [-0.25, -0.2) is 8.42 Å². The van der Waals surface area contributed by atoms with Crippen molar-refractivity contribution in [3.8, 4) is 0 Å². The maximum Gasteiger partial charge on any atom is 0.244 e. The number of rotatable bonds is 10. The van der Waals surface area contributed by atoms with Crippen LogP contribution in [0.4, 0.5) is 5.82 Å². The van der Waals surface area contributed by atoms with Crippen LogP contribution in [0.1, 0.15) is 49.3 Å². The lowest BCUT2D eigenvalue weighted by Gasteiger charge is -2.24. The third-order valence-electron chi connectivity index (χ3n) is 4.49. The lowest BCUT2D eigenvalue weighted by Crippen LogP contribution is -2.39. The highest BCUT2D eigenvalue weighted by Gasteiger charge is 2.29. The first-order valence-corrected chi connectivity index (χ1v) is 11.0. The molecule has 2 aromatic rings. The summed E-state index contributed by atoms with van der Waals surface area (Å²) >= 11 is 0. The standard InChI is InChI=1S/C20H29N3O4S/c1-5-6-7-8-10-23(14-19(24)21-18-9-11-27-22-18)28(25,26)20-16(3)12-15(2)13-17(20)4/h9,11-13H,5-8,10,14H2,1-4H3,(H,21,22,24). The summed E-state index contributed by atoms with van der Waals surface area (Å²) in [6, 6.07) is 5.21. The maximum absolute atomic E-state index is 13.4. The first kappa shape index (κ1) is 22.1. The lowest BCUT2D eigenvalue weighted by atomic mass is 10.1. The lowest BCUT2D eigenvalue weighted by molar-refractivity contribution is -0.116. The highest BCUT2D eigenvalue weighted by atomic mass is 32.2. The molecule has 0 aliphatic rings. The highest BCUT2D eigenvalue weighted by molar-refractivity contribution is 7.89. The van der Waals surface area contributed by atoms with Gasteiger partial charge in [0.25, 0.3) is 0 Å². The van der Waals surface area contributed by atoms with E-state index in [9.17, 15) is 13.2 Å². The number of amides is 1. The summed E-state index contributed by atoms with van der Waals surface area (Å²) in [5, 5.41) is 6.20. The number of anilines is 1. The molecule has 0 fully saturated rings. The number of hydrogen-bond acceptors (Lipinski definition) is 5. The zero-order valence-corrected chi connectivity index (χ0v) is 17.8. The van der Waals surface area contributed by atoms with E-state index >= 15 is 0 Å². The molecule has 2 rings (SSSR count). The average molecular weight is 408 g/mol. The van der Waals surface area contributed by atoms with E-state index in [2.05, 4.69) is 17.4 Å². The van der Waals surface area contributed by atoms with Gasteiger partial charge in [-0.2, -0.15) is 4.31 Å². The molecule has 1 heterocycles. The van der Waals surface area contributed by atoms with Crippen molar-refractivity contribution >= 4 is 21.7 Å². The summed E-state index contributed by atoms with van der Waals surface area (Å²) in [5.41, 5.74) is 2.38. The van der Waals surface area contributed by atoms with Crippen molar-refractivity contribution in [2.75, 3.05) is 18.4 Å². The quantitative estimate of drug-likeness (QED) is 0.605. The molecule has 7 nitrogen and oxygen atoms in total. The van der Waals surface area contributed by atoms with Crippen LogP contribution in [-0.4, -0.2) is 36.9 Å². The normalized spacial score (nSPS) is 11.8. The van der Waals surface area contributed by atoms with Crippen LogP contribution in [0.5, 0.6) is 0 Å². The van der Waals surface area contributed by atoms with Gasteiger partial charge in [-0.3, -0.25) is 4.79 Å². The van der Waals surface area contributed by atoms with E-state index in [1.54, 1.807) is 13.8 Å². The van der Waals surface area contributed by atoms with E-state index in [4.69, 9.17) is 4.52 Å². The molecule has 0 aliphatic heterocycles. The maximum atomic E-state index is 13.4. The first-order chi connectivity index (χ1) is 13.3. The molecule has 1 aromatic heterocycles. The Labute approximate surface area is 167 Å². The number of aryl methyl sites for hydroxylation is 3. The second kappa shape index (κ2) is 9.84. The van der Waals surface area contributed by atoms with E-state index in [1.165, 1.54) is 16.6 Å². The second-order valence-corrected chi connectivity index (χ2v) is 8.93. The van der Waals surface area contributed by atoms with Crippen LogP contribution in [0.25, 0.3) is 0 Å². The van der Waals surface area contributed by atoms with Crippen LogP contribution < -0.4 is 5.32 Å². The number of carbonyl (C=O) groups is 1. The smallest absolute Gasteiger partial charge is 0.244 e. The molecule has 0 saturated heterocycles. The second-order valence-electron chi connectivity index (χ2n) is 7.06. The first-order valence-electron chi connectivity index (χ1n) is 9.54. The number of benzene rings is 1. The van der Waals surface area contributed by atoms with Gasteiger partial charge in [0.2, 0.25) is 15.9 Å². The van der Waals surface area contributed by atoms with Crippen molar-refractivity contribution in [3.63, 3.8) is 0 Å². The zero-order chi connectivity index (χ0) is 20.7. The van der Waals surface area contributed by atoms with Crippen molar-refractivity contribution in [1.29, 1.82) is 0 Å². The predicted octanol–water partition coefficient (Wildman–Crippen LogP) is 3.81. The number of nitrogens with one attached hydrogen (secondary N) is 1. The van der Waals surface area contributed by atoms with Gasteiger partial charge in [0.15, 0.2) is 5.82 Å². The Hall–Kier alpha value is -2.19. The van der Waals surface area contributed by atoms with Gasteiger partial charge < -0.3 is 9.84 Å². The van der Waals surface area contributed by atoms with Crippen molar-refractivity contribution < 1.29 is 17.7 Å². The number of carbonyl (C=O) groups excluding carboxylic acids is 1. The van der Waals surface area contributed by atoms with Crippen molar-refractivity contribution in [2.24, 2.45) is 0 Å². The third kappa shape index (κ3) is 5.65. The number of sulfonamides is 1. The fourth-order valence-corrected chi connectivity index (χ4v) is 5.17. The van der Waals surface area contributed by atoms with E-state index in [1.807, 2.05) is 19.1 Å². The molecule has 0 saturated carbocycles. The Balaban J connectivity index is 2.27. The minimum Gasteiger partial charge on any atom is -0.363 e. The predicted molar refractivity (Wildman–Crippen MR) is 109 cm³/mol. The molecule has 0 atom stereocenters. The minimum absolute atomic E-state index is 0.260. The van der Waals surface area contributed by atoms with Gasteiger partial charge in [-0.15, -0.1) is 0 Å². The fraction of sp³-hybridized carbons (Fsp3) is 0.500. The van der Waals surface area contributed by atoms with Crippen molar-refractivity contribution in [2.45, 2.75) is 58.3 Å². The van der Waals surface area contributed by atoms with Crippen LogP contribution in [0.15, 0.2) is 33.9 Å². The molecule has 8 heteroatoms. The summed E-state index contributed by atoms with van der Waals surface area (Å²) in [7, 11) is -3.81. The molecule has 154 valence electrons. The molecular formula is C20H29N3O4S. The van der Waals surface area contributed by atoms with Crippen LogP contribution in [0.3, 0.4) is 0 Å². The summed E-state index contributed by atoms with van der Waals surface area (Å²) in [5.74, 6) is -0.189. The Bertz CT molecular complexity index is 869. The van der Waals surface area contributed by atoms with Gasteiger partial charge >= 0.3 is 0 Å². The summed E-state index contributed by atoms with van der Waals surface area (Å²) < 4.78 is 32.8. The number of unbranched alkanes of at least 4 members (excludes halogenated alkanes) is 3.